The van der Waals surface area contributed by atoms with Crippen LogP contribution in [0.2, 0.25) is 0 Å². The van der Waals surface area contributed by atoms with E-state index in [1.54, 1.807) is 7.11 Å². The van der Waals surface area contributed by atoms with Gasteiger partial charge in [0.1, 0.15) is 5.75 Å². The van der Waals surface area contributed by atoms with Gasteiger partial charge in [0.25, 0.3) is 0 Å². The summed E-state index contributed by atoms with van der Waals surface area (Å²) in [6.45, 7) is 3.86. The minimum absolute atomic E-state index is 0.354. The first kappa shape index (κ1) is 12.0. The van der Waals surface area contributed by atoms with Gasteiger partial charge in [-0.15, -0.1) is 0 Å². The Morgan fingerprint density at radius 2 is 2.35 bits per heavy atom. The smallest absolute Gasteiger partial charge is 0.143 e. The molecule has 0 aromatic heterocycles. The fourth-order valence-electron chi connectivity index (χ4n) is 2.16. The van der Waals surface area contributed by atoms with Crippen LogP contribution in [0.4, 0.5) is 11.4 Å². The summed E-state index contributed by atoms with van der Waals surface area (Å²) in [6, 6.07) is 6.13. The lowest BCUT2D eigenvalue weighted by Crippen LogP contribution is -2.26. The molecule has 0 amide bonds. The van der Waals surface area contributed by atoms with E-state index in [0.717, 1.165) is 25.3 Å². The van der Waals surface area contributed by atoms with Gasteiger partial charge in [0, 0.05) is 18.6 Å². The number of para-hydroxylation sites is 1. The molecule has 1 saturated heterocycles. The summed E-state index contributed by atoms with van der Waals surface area (Å²) >= 11 is 0. The number of methoxy groups -OCH3 is 1. The van der Waals surface area contributed by atoms with Crippen molar-refractivity contribution in [1.29, 1.82) is 0 Å². The van der Waals surface area contributed by atoms with E-state index in [2.05, 4.69) is 12.2 Å². The Hall–Kier alpha value is -1.42. The molecule has 0 aliphatic carbocycles. The lowest BCUT2D eigenvalue weighted by molar-refractivity contribution is 0.183. The SMILES string of the molecule is COc1cccc(NC(C)C2CCOC2)c1N. The van der Waals surface area contributed by atoms with Crippen molar-refractivity contribution in [2.75, 3.05) is 31.4 Å². The van der Waals surface area contributed by atoms with Gasteiger partial charge >= 0.3 is 0 Å². The predicted octanol–water partition coefficient (Wildman–Crippen LogP) is 2.11. The lowest BCUT2D eigenvalue weighted by Gasteiger charge is -2.22. The fraction of sp³-hybridized carbons (Fsp3) is 0.538. The van der Waals surface area contributed by atoms with Crippen molar-refractivity contribution in [1.82, 2.24) is 0 Å². The van der Waals surface area contributed by atoms with E-state index in [1.165, 1.54) is 0 Å². The van der Waals surface area contributed by atoms with Crippen molar-refractivity contribution in [2.45, 2.75) is 19.4 Å². The molecule has 1 aliphatic heterocycles. The molecule has 1 fully saturated rings. The zero-order chi connectivity index (χ0) is 12.3. The Morgan fingerprint density at radius 1 is 1.53 bits per heavy atom. The average Bonchev–Trinajstić information content (AvgIpc) is 2.85. The van der Waals surface area contributed by atoms with Crippen LogP contribution in [-0.4, -0.2) is 26.4 Å². The summed E-state index contributed by atoms with van der Waals surface area (Å²) in [6.07, 6.45) is 1.11. The Labute approximate surface area is 102 Å². The average molecular weight is 236 g/mol. The second kappa shape index (κ2) is 5.27. The first-order valence-corrected chi connectivity index (χ1v) is 5.99. The molecule has 1 aliphatic rings. The standard InChI is InChI=1S/C13H20N2O2/c1-9(10-6-7-17-8-10)15-11-4-3-5-12(16-2)13(11)14/h3-5,9-10,15H,6-8,14H2,1-2H3. The number of nitrogen functional groups attached to an aromatic ring is 1. The van der Waals surface area contributed by atoms with Gasteiger partial charge in [0.05, 0.1) is 25.1 Å². The molecule has 2 rings (SSSR count). The highest BCUT2D eigenvalue weighted by Gasteiger charge is 2.22. The maximum Gasteiger partial charge on any atom is 0.143 e. The summed E-state index contributed by atoms with van der Waals surface area (Å²) < 4.78 is 10.6. The molecule has 3 N–H and O–H groups in total. The maximum absolute atomic E-state index is 6.02. The van der Waals surface area contributed by atoms with Gasteiger partial charge in [-0.05, 0) is 25.5 Å². The number of hydrogen-bond donors (Lipinski definition) is 2. The van der Waals surface area contributed by atoms with Crippen LogP contribution in [-0.2, 0) is 4.74 Å². The van der Waals surface area contributed by atoms with Crippen LogP contribution in [0.15, 0.2) is 18.2 Å². The van der Waals surface area contributed by atoms with Crippen LogP contribution in [0, 0.1) is 5.92 Å². The number of nitrogens with one attached hydrogen (secondary N) is 1. The van der Waals surface area contributed by atoms with Crippen LogP contribution >= 0.6 is 0 Å². The molecule has 2 unspecified atom stereocenters. The second-order valence-electron chi connectivity index (χ2n) is 4.48. The Kier molecular flexibility index (Phi) is 3.74. The van der Waals surface area contributed by atoms with Gasteiger partial charge in [-0.25, -0.2) is 0 Å². The quantitative estimate of drug-likeness (QED) is 0.786. The molecule has 1 aromatic carbocycles. The van der Waals surface area contributed by atoms with E-state index in [1.807, 2.05) is 18.2 Å². The summed E-state index contributed by atoms with van der Waals surface area (Å²) in [5, 5.41) is 3.44. The number of nitrogens with two attached hydrogens (primary N) is 1. The third-order valence-electron chi connectivity index (χ3n) is 3.34. The first-order valence-electron chi connectivity index (χ1n) is 5.99. The highest BCUT2D eigenvalue weighted by Crippen LogP contribution is 2.30. The Morgan fingerprint density at radius 3 is 3.00 bits per heavy atom. The van der Waals surface area contributed by atoms with Crippen molar-refractivity contribution in [3.05, 3.63) is 18.2 Å². The second-order valence-corrected chi connectivity index (χ2v) is 4.48. The number of benzene rings is 1. The molecule has 17 heavy (non-hydrogen) atoms. The van der Waals surface area contributed by atoms with Crippen molar-refractivity contribution in [3.8, 4) is 5.75 Å². The Bertz CT molecular complexity index is 376. The van der Waals surface area contributed by atoms with Crippen LogP contribution in [0.1, 0.15) is 13.3 Å². The monoisotopic (exact) mass is 236 g/mol. The van der Waals surface area contributed by atoms with Crippen molar-refractivity contribution in [3.63, 3.8) is 0 Å². The number of ether oxygens (including phenoxy) is 2. The van der Waals surface area contributed by atoms with Crippen LogP contribution in [0.25, 0.3) is 0 Å². The number of anilines is 2. The Balaban J connectivity index is 2.07. The summed E-state index contributed by atoms with van der Waals surface area (Å²) in [5.41, 5.74) is 7.62. The number of hydrogen-bond acceptors (Lipinski definition) is 4. The van der Waals surface area contributed by atoms with E-state index < -0.39 is 0 Å². The van der Waals surface area contributed by atoms with Gasteiger partial charge in [-0.1, -0.05) is 6.07 Å². The highest BCUT2D eigenvalue weighted by molar-refractivity contribution is 5.73. The van der Waals surface area contributed by atoms with Crippen LogP contribution in [0.5, 0.6) is 5.75 Å². The molecule has 1 heterocycles. The molecule has 1 aromatic rings. The lowest BCUT2D eigenvalue weighted by atomic mass is 10.0. The van der Waals surface area contributed by atoms with E-state index in [4.69, 9.17) is 15.2 Å². The van der Waals surface area contributed by atoms with Gasteiger partial charge in [0.15, 0.2) is 0 Å². The molecule has 0 saturated carbocycles. The van der Waals surface area contributed by atoms with Crippen molar-refractivity contribution >= 4 is 11.4 Å². The van der Waals surface area contributed by atoms with Gasteiger partial charge in [-0.3, -0.25) is 0 Å². The van der Waals surface area contributed by atoms with Gasteiger partial charge < -0.3 is 20.5 Å². The molecule has 94 valence electrons. The third-order valence-corrected chi connectivity index (χ3v) is 3.34. The van der Waals surface area contributed by atoms with Gasteiger partial charge in [0.2, 0.25) is 0 Å². The topological polar surface area (TPSA) is 56.5 Å². The van der Waals surface area contributed by atoms with E-state index in [-0.39, 0.29) is 0 Å². The summed E-state index contributed by atoms with van der Waals surface area (Å²) in [4.78, 5) is 0. The largest absolute Gasteiger partial charge is 0.495 e. The van der Waals surface area contributed by atoms with Crippen molar-refractivity contribution < 1.29 is 9.47 Å². The predicted molar refractivity (Wildman–Crippen MR) is 69.4 cm³/mol. The third kappa shape index (κ3) is 2.64. The molecule has 4 heteroatoms. The van der Waals surface area contributed by atoms with Gasteiger partial charge in [-0.2, -0.15) is 0 Å². The normalized spacial score (nSPS) is 21.2. The van der Waals surface area contributed by atoms with Crippen LogP contribution in [0.3, 0.4) is 0 Å². The number of rotatable bonds is 4. The molecule has 2 atom stereocenters. The minimum atomic E-state index is 0.354. The zero-order valence-electron chi connectivity index (χ0n) is 10.4. The first-order chi connectivity index (χ1) is 8.22. The molecular weight excluding hydrogens is 216 g/mol. The molecule has 0 radical (unpaired) electrons. The maximum atomic E-state index is 6.02. The molecule has 0 bridgehead atoms. The van der Waals surface area contributed by atoms with E-state index in [9.17, 15) is 0 Å². The summed E-state index contributed by atoms with van der Waals surface area (Å²) in [7, 11) is 1.63. The fourth-order valence-corrected chi connectivity index (χ4v) is 2.16. The molecule has 4 nitrogen and oxygen atoms in total. The van der Waals surface area contributed by atoms with Crippen LogP contribution < -0.4 is 15.8 Å². The van der Waals surface area contributed by atoms with Crippen molar-refractivity contribution in [2.24, 2.45) is 5.92 Å². The highest BCUT2D eigenvalue weighted by atomic mass is 16.5. The van der Waals surface area contributed by atoms with E-state index in [0.29, 0.717) is 23.4 Å². The molecule has 0 spiro atoms. The molecular formula is C13H20N2O2. The zero-order valence-corrected chi connectivity index (χ0v) is 10.4. The minimum Gasteiger partial charge on any atom is -0.495 e. The van der Waals surface area contributed by atoms with E-state index >= 15 is 0 Å². The summed E-state index contributed by atoms with van der Waals surface area (Å²) in [5.74, 6) is 1.27.